The molecular weight excluding hydrogens is 1020 g/mol. The number of ether oxygens (including phenoxy) is 9. The topological polar surface area (TPSA) is 254 Å². The molecule has 5 aliphatic heterocycles. The number of hydrogen-bond acceptors (Lipinski definition) is 17. The minimum absolute atomic E-state index is 0.0398. The molecule has 0 unspecified atom stereocenters. The lowest BCUT2D eigenvalue weighted by Gasteiger charge is -2.59. The third-order valence-electron chi connectivity index (χ3n) is 21.3. The maximum Gasteiger partial charge on any atom is 0.220 e. The van der Waals surface area contributed by atoms with Gasteiger partial charge in [0.05, 0.1) is 44.2 Å². The molecule has 9 rings (SSSR count). The van der Waals surface area contributed by atoms with Crippen LogP contribution in [0.3, 0.4) is 0 Å². The summed E-state index contributed by atoms with van der Waals surface area (Å²) in [5, 5.41) is 80.5. The molecule has 18 nitrogen and oxygen atoms in total. The van der Waals surface area contributed by atoms with Gasteiger partial charge in [-0.1, -0.05) is 110 Å². The van der Waals surface area contributed by atoms with Crippen LogP contribution in [0.1, 0.15) is 183 Å². The van der Waals surface area contributed by atoms with E-state index in [2.05, 4.69) is 46.0 Å². The number of carbonyl (C=O) groups is 1. The van der Waals surface area contributed by atoms with Crippen molar-refractivity contribution in [2.75, 3.05) is 26.4 Å². The summed E-state index contributed by atoms with van der Waals surface area (Å²) in [5.41, 5.74) is 1.50. The van der Waals surface area contributed by atoms with Crippen molar-refractivity contribution < 1.29 is 83.2 Å². The van der Waals surface area contributed by atoms with Gasteiger partial charge in [-0.2, -0.15) is 0 Å². The number of fused-ring (bicyclic) bond motifs is 7. The molecular formula is C61H103NO17. The minimum atomic E-state index is -1.72. The molecule has 1 spiro atoms. The summed E-state index contributed by atoms with van der Waals surface area (Å²) in [7, 11) is 0. The number of amides is 1. The monoisotopic (exact) mass is 1120 g/mol. The van der Waals surface area contributed by atoms with E-state index >= 15 is 0 Å². The van der Waals surface area contributed by atoms with Crippen LogP contribution < -0.4 is 5.32 Å². The van der Waals surface area contributed by atoms with E-state index < -0.39 is 97.9 Å². The fraction of sp³-hybridized carbons (Fsp3) is 0.951. The normalized spacial score (nSPS) is 47.7. The van der Waals surface area contributed by atoms with Crippen molar-refractivity contribution in [3.05, 3.63) is 11.6 Å². The van der Waals surface area contributed by atoms with Crippen molar-refractivity contribution in [2.45, 2.75) is 293 Å². The third kappa shape index (κ3) is 13.2. The van der Waals surface area contributed by atoms with E-state index in [0.717, 1.165) is 70.8 Å². The van der Waals surface area contributed by atoms with E-state index in [1.54, 1.807) is 0 Å². The van der Waals surface area contributed by atoms with Crippen LogP contribution in [0.4, 0.5) is 0 Å². The van der Waals surface area contributed by atoms with Crippen LogP contribution in [0.2, 0.25) is 0 Å². The Morgan fingerprint density at radius 3 is 1.95 bits per heavy atom. The zero-order valence-corrected chi connectivity index (χ0v) is 48.7. The molecule has 18 heteroatoms. The summed E-state index contributed by atoms with van der Waals surface area (Å²) in [6, 6.07) is 0. The van der Waals surface area contributed by atoms with Crippen molar-refractivity contribution in [3.63, 3.8) is 0 Å². The molecule has 0 aromatic heterocycles. The highest BCUT2D eigenvalue weighted by atomic mass is 16.8. The molecule has 0 radical (unpaired) electrons. The van der Waals surface area contributed by atoms with Crippen LogP contribution in [0, 0.1) is 46.3 Å². The number of allylic oxidation sites excluding steroid dienone is 1. The van der Waals surface area contributed by atoms with Crippen molar-refractivity contribution in [3.8, 4) is 0 Å². The van der Waals surface area contributed by atoms with Crippen LogP contribution in [-0.4, -0.2) is 178 Å². The molecule has 1 amide bonds. The second kappa shape index (κ2) is 26.9. The summed E-state index contributed by atoms with van der Waals surface area (Å²) >= 11 is 0. The summed E-state index contributed by atoms with van der Waals surface area (Å²) in [6.45, 7) is 15.9. The fourth-order valence-corrected chi connectivity index (χ4v) is 16.5. The standard InChI is InChI=1S/C61H103NO17/c1-8-9-10-11-12-13-14-15-16-17-18-19-45(63)62-28-29-71-33-44-54(77-56-51(68)49(66)47(64)36(4)73-56)53(70)55(78-57-52(69)50(67)48(65)37(5)74-57)58(76-44)75-39-23-25-59(6)38(30-39)20-21-40-41(59)24-26-60(7)42(40)31-43-46(60)35(3)61(79-43)27-22-34(2)32-72-61/h20,34-37,39-44,46-58,64-70H,8-19,21-33H2,1-7H3,(H,62,63)/t34-,35+,36+,37+,39+,40-,41+,42+,43+,44-,46+,47+,48+,49-,50-,51-,52-,53+,54-,55-,56+,57+,58-,59+,60+,61-/m1/s1. The number of aliphatic hydroxyl groups excluding tert-OH is 7. The van der Waals surface area contributed by atoms with Gasteiger partial charge in [-0.3, -0.25) is 4.79 Å². The second-order valence-corrected chi connectivity index (χ2v) is 26.6. The Morgan fingerprint density at radius 2 is 1.32 bits per heavy atom. The first kappa shape index (κ1) is 62.1. The van der Waals surface area contributed by atoms with Gasteiger partial charge in [0.1, 0.15) is 61.0 Å². The molecule has 0 aromatic rings. The van der Waals surface area contributed by atoms with Crippen LogP contribution in [-0.2, 0) is 47.4 Å². The Balaban J connectivity index is 0.864. The Kier molecular flexibility index (Phi) is 21.1. The first-order chi connectivity index (χ1) is 37.8. The van der Waals surface area contributed by atoms with Crippen molar-refractivity contribution in [2.24, 2.45) is 46.3 Å². The first-order valence-electron chi connectivity index (χ1n) is 31.3. The molecule has 0 aromatic carbocycles. The van der Waals surface area contributed by atoms with E-state index in [-0.39, 0.29) is 48.7 Å². The maximum absolute atomic E-state index is 12.8. The van der Waals surface area contributed by atoms with Gasteiger partial charge in [-0.15, -0.1) is 0 Å². The molecule has 3 saturated carbocycles. The molecule has 0 bridgehead atoms. The van der Waals surface area contributed by atoms with Gasteiger partial charge in [0, 0.05) is 25.3 Å². The number of nitrogens with one attached hydrogen (secondary N) is 1. The van der Waals surface area contributed by atoms with Gasteiger partial charge >= 0.3 is 0 Å². The molecule has 26 atom stereocenters. The summed E-state index contributed by atoms with van der Waals surface area (Å²) in [5.74, 6) is 2.48. The molecule has 9 aliphatic rings. The largest absolute Gasteiger partial charge is 0.388 e. The van der Waals surface area contributed by atoms with Gasteiger partial charge in [0.15, 0.2) is 24.7 Å². The quantitative estimate of drug-likeness (QED) is 0.0426. The van der Waals surface area contributed by atoms with Gasteiger partial charge in [-0.05, 0) is 112 Å². The van der Waals surface area contributed by atoms with E-state index in [1.165, 1.54) is 70.8 Å². The average molecular weight is 1120 g/mol. The average Bonchev–Trinajstić information content (AvgIpc) is 3.65. The smallest absolute Gasteiger partial charge is 0.220 e. The van der Waals surface area contributed by atoms with Crippen LogP contribution in [0.25, 0.3) is 0 Å². The third-order valence-corrected chi connectivity index (χ3v) is 21.3. The first-order valence-corrected chi connectivity index (χ1v) is 31.3. The van der Waals surface area contributed by atoms with E-state index in [1.807, 2.05) is 0 Å². The number of hydrogen-bond donors (Lipinski definition) is 8. The lowest BCUT2D eigenvalue weighted by atomic mass is 9.47. The molecule has 8 fully saturated rings. The number of rotatable bonds is 23. The SMILES string of the molecule is CCCCCCCCCCCCCC(=O)NCCOC[C@H]1O[C@@H](O[C@H]2CC[C@@]3(C)C(=CC[C@H]4[C@@H]5C[C@@H]6O[C@]7(CC[C@@H](C)CO7)[C@@H](C)[C@@H]6[C@@]5(C)CC[C@@H]43)C2)[C@H](O[C@@H]2O[C@@H](C)[C@H](O)[C@@H](O)[C@H]2O)[C@@H](O)[C@@H]1O[C@@H]1O[C@@H](C)[C@H](O)[C@@H](O)[C@H]1O. The Morgan fingerprint density at radius 1 is 0.684 bits per heavy atom. The minimum Gasteiger partial charge on any atom is -0.388 e. The van der Waals surface area contributed by atoms with Gasteiger partial charge in [0.2, 0.25) is 5.91 Å². The summed E-state index contributed by atoms with van der Waals surface area (Å²) < 4.78 is 57.9. The predicted molar refractivity (Wildman–Crippen MR) is 291 cm³/mol. The molecule has 454 valence electrons. The van der Waals surface area contributed by atoms with Crippen molar-refractivity contribution in [1.82, 2.24) is 5.32 Å². The number of carbonyl (C=O) groups excluding carboxylic acids is 1. The molecule has 5 heterocycles. The molecule has 4 aliphatic carbocycles. The molecule has 8 N–H and O–H groups in total. The highest BCUT2D eigenvalue weighted by Crippen LogP contribution is 2.71. The van der Waals surface area contributed by atoms with Gasteiger partial charge in [-0.25, -0.2) is 0 Å². The lowest BCUT2D eigenvalue weighted by Crippen LogP contribution is -2.66. The highest BCUT2D eigenvalue weighted by molar-refractivity contribution is 5.75. The highest BCUT2D eigenvalue weighted by Gasteiger charge is 2.69. The Hall–Kier alpha value is -1.43. The number of aliphatic hydroxyl groups is 7. The maximum atomic E-state index is 12.8. The molecule has 5 saturated heterocycles. The lowest BCUT2D eigenvalue weighted by molar-refractivity contribution is -0.389. The van der Waals surface area contributed by atoms with Crippen LogP contribution in [0.5, 0.6) is 0 Å². The van der Waals surface area contributed by atoms with Gasteiger partial charge < -0.3 is 83.7 Å². The zero-order chi connectivity index (χ0) is 56.4. The zero-order valence-electron chi connectivity index (χ0n) is 48.7. The summed E-state index contributed by atoms with van der Waals surface area (Å²) in [4.78, 5) is 12.8. The van der Waals surface area contributed by atoms with Crippen molar-refractivity contribution in [1.29, 1.82) is 0 Å². The van der Waals surface area contributed by atoms with Crippen molar-refractivity contribution >= 4 is 5.91 Å². The van der Waals surface area contributed by atoms with Crippen LogP contribution >= 0.6 is 0 Å². The predicted octanol–water partition coefficient (Wildman–Crippen LogP) is 6.08. The van der Waals surface area contributed by atoms with E-state index in [4.69, 9.17) is 42.6 Å². The Bertz CT molecular complexity index is 1970. The number of unbranched alkanes of at least 4 members (excludes halogenated alkanes) is 10. The molecule has 79 heavy (non-hydrogen) atoms. The fourth-order valence-electron chi connectivity index (χ4n) is 16.5. The van der Waals surface area contributed by atoms with E-state index in [0.29, 0.717) is 54.8 Å². The second-order valence-electron chi connectivity index (χ2n) is 26.6. The van der Waals surface area contributed by atoms with Gasteiger partial charge in [0.25, 0.3) is 0 Å². The van der Waals surface area contributed by atoms with Crippen LogP contribution in [0.15, 0.2) is 11.6 Å². The van der Waals surface area contributed by atoms with E-state index in [9.17, 15) is 40.5 Å². The Labute approximate surface area is 470 Å². The summed E-state index contributed by atoms with van der Waals surface area (Å²) in [6.07, 6.45) is 3.13.